The van der Waals surface area contributed by atoms with Crippen molar-refractivity contribution in [3.05, 3.63) is 48.0 Å². The first-order valence-corrected chi connectivity index (χ1v) is 11.2. The summed E-state index contributed by atoms with van der Waals surface area (Å²) in [6, 6.07) is 9.02. The third-order valence-corrected chi connectivity index (χ3v) is 7.12. The summed E-state index contributed by atoms with van der Waals surface area (Å²) in [4.78, 5) is 12.6. The Morgan fingerprint density at radius 1 is 1.12 bits per heavy atom. The molecule has 1 aliphatic heterocycles. The lowest BCUT2D eigenvalue weighted by atomic mass is 9.98. The highest BCUT2D eigenvalue weighted by atomic mass is 32.2. The summed E-state index contributed by atoms with van der Waals surface area (Å²) in [5.41, 5.74) is -1.32. The van der Waals surface area contributed by atoms with Crippen molar-refractivity contribution in [2.24, 2.45) is 5.92 Å². The number of hydrogen-bond acceptors (Lipinski definition) is 5. The normalized spacial score (nSPS) is 17.6. The van der Waals surface area contributed by atoms with E-state index in [0.717, 1.165) is 10.4 Å². The highest BCUT2D eigenvalue weighted by Gasteiger charge is 2.37. The molecular weight excluding hydrogens is 449 g/mol. The summed E-state index contributed by atoms with van der Waals surface area (Å²) in [6.07, 6.45) is -3.90. The van der Waals surface area contributed by atoms with E-state index in [2.05, 4.69) is 5.32 Å². The number of para-hydroxylation sites is 1. The smallest absolute Gasteiger partial charge is 0.418 e. The molecule has 1 N–H and O–H groups in total. The Balaban J connectivity index is 1.82. The molecule has 0 aromatic heterocycles. The monoisotopic (exact) mass is 472 g/mol. The number of nitrogens with zero attached hydrogens (tertiary/aromatic N) is 1. The van der Waals surface area contributed by atoms with Crippen LogP contribution in [0.3, 0.4) is 0 Å². The van der Waals surface area contributed by atoms with Crippen molar-refractivity contribution in [3.8, 4) is 11.5 Å². The minimum atomic E-state index is -4.63. The number of hydrogen-bond donors (Lipinski definition) is 1. The molecule has 0 unspecified atom stereocenters. The van der Waals surface area contributed by atoms with Gasteiger partial charge in [0.15, 0.2) is 0 Å². The van der Waals surface area contributed by atoms with Gasteiger partial charge in [0.05, 0.1) is 31.4 Å². The maximum absolute atomic E-state index is 13.3. The Morgan fingerprint density at radius 3 is 2.50 bits per heavy atom. The third-order valence-electron chi connectivity index (χ3n) is 5.23. The molecule has 0 saturated carbocycles. The van der Waals surface area contributed by atoms with Gasteiger partial charge >= 0.3 is 6.18 Å². The maximum Gasteiger partial charge on any atom is 0.418 e. The first-order valence-electron chi connectivity index (χ1n) is 9.77. The molecule has 3 rings (SSSR count). The molecule has 1 saturated heterocycles. The second kappa shape index (κ2) is 9.37. The van der Waals surface area contributed by atoms with Gasteiger partial charge in [-0.3, -0.25) is 4.79 Å². The van der Waals surface area contributed by atoms with Gasteiger partial charge in [-0.05, 0) is 37.1 Å². The molecule has 0 spiro atoms. The van der Waals surface area contributed by atoms with Crippen molar-refractivity contribution < 1.29 is 35.9 Å². The molecule has 0 radical (unpaired) electrons. The molecule has 11 heteroatoms. The zero-order valence-corrected chi connectivity index (χ0v) is 18.3. The molecule has 174 valence electrons. The second-order valence-electron chi connectivity index (χ2n) is 7.25. The van der Waals surface area contributed by atoms with Gasteiger partial charge in [-0.2, -0.15) is 17.5 Å². The molecule has 1 amide bonds. The van der Waals surface area contributed by atoms with Crippen molar-refractivity contribution in [2.75, 3.05) is 32.6 Å². The summed E-state index contributed by atoms with van der Waals surface area (Å²) >= 11 is 0. The van der Waals surface area contributed by atoms with Gasteiger partial charge in [0.25, 0.3) is 0 Å². The average molecular weight is 472 g/mol. The van der Waals surface area contributed by atoms with E-state index < -0.39 is 33.6 Å². The van der Waals surface area contributed by atoms with E-state index in [1.807, 2.05) is 0 Å². The summed E-state index contributed by atoms with van der Waals surface area (Å²) in [7, 11) is -1.30. The van der Waals surface area contributed by atoms with E-state index >= 15 is 0 Å². The van der Waals surface area contributed by atoms with Crippen LogP contribution < -0.4 is 14.8 Å². The maximum atomic E-state index is 13.3. The van der Waals surface area contributed by atoms with E-state index in [4.69, 9.17) is 9.47 Å². The molecule has 0 bridgehead atoms. The van der Waals surface area contributed by atoms with Gasteiger partial charge in [-0.1, -0.05) is 12.1 Å². The summed E-state index contributed by atoms with van der Waals surface area (Å²) in [6.45, 7) is 0.00826. The van der Waals surface area contributed by atoms with Gasteiger partial charge in [-0.25, -0.2) is 8.42 Å². The number of alkyl halides is 3. The summed E-state index contributed by atoms with van der Waals surface area (Å²) < 4.78 is 77.6. The van der Waals surface area contributed by atoms with E-state index in [0.29, 0.717) is 18.6 Å². The number of halogens is 3. The van der Waals surface area contributed by atoms with E-state index in [9.17, 15) is 26.4 Å². The highest BCUT2D eigenvalue weighted by molar-refractivity contribution is 7.89. The van der Waals surface area contributed by atoms with Crippen molar-refractivity contribution in [1.82, 2.24) is 4.31 Å². The van der Waals surface area contributed by atoms with E-state index in [1.54, 1.807) is 6.07 Å². The first kappa shape index (κ1) is 23.9. The Morgan fingerprint density at radius 2 is 1.84 bits per heavy atom. The second-order valence-corrected chi connectivity index (χ2v) is 9.16. The van der Waals surface area contributed by atoms with Crippen LogP contribution in [0.5, 0.6) is 11.5 Å². The number of carbonyl (C=O) groups excluding carboxylic acids is 1. The first-order chi connectivity index (χ1) is 15.1. The van der Waals surface area contributed by atoms with E-state index in [1.165, 1.54) is 44.6 Å². The van der Waals surface area contributed by atoms with Crippen molar-refractivity contribution in [3.63, 3.8) is 0 Å². The molecule has 1 aliphatic rings. The Hall–Kier alpha value is -2.79. The summed E-state index contributed by atoms with van der Waals surface area (Å²) in [5, 5.41) is 2.31. The Labute approximate surface area is 184 Å². The number of nitrogens with one attached hydrogen (secondary N) is 1. The molecule has 7 nitrogen and oxygen atoms in total. The van der Waals surface area contributed by atoms with Gasteiger partial charge < -0.3 is 14.8 Å². The number of piperidine rings is 1. The minimum absolute atomic E-state index is 0.108. The molecule has 32 heavy (non-hydrogen) atoms. The van der Waals surface area contributed by atoms with Gasteiger partial charge in [0.2, 0.25) is 15.9 Å². The van der Waals surface area contributed by atoms with Crippen LogP contribution in [0.4, 0.5) is 18.9 Å². The largest absolute Gasteiger partial charge is 0.497 e. The predicted octanol–water partition coefficient (Wildman–Crippen LogP) is 3.76. The molecule has 0 aliphatic carbocycles. The fourth-order valence-electron chi connectivity index (χ4n) is 3.57. The van der Waals surface area contributed by atoms with Crippen LogP contribution in [-0.2, 0) is 21.0 Å². The fourth-order valence-corrected chi connectivity index (χ4v) is 5.27. The van der Waals surface area contributed by atoms with Crippen LogP contribution in [0.2, 0.25) is 0 Å². The fraction of sp³-hybridized carbons (Fsp3) is 0.381. The predicted molar refractivity (Wildman–Crippen MR) is 111 cm³/mol. The van der Waals surface area contributed by atoms with Crippen LogP contribution in [0.1, 0.15) is 18.4 Å². The Bertz CT molecular complexity index is 1090. The number of methoxy groups -OCH3 is 2. The number of carbonyl (C=O) groups is 1. The van der Waals surface area contributed by atoms with Crippen molar-refractivity contribution >= 4 is 21.6 Å². The average Bonchev–Trinajstić information content (AvgIpc) is 2.78. The number of anilines is 1. The Kier molecular flexibility index (Phi) is 6.99. The lowest BCUT2D eigenvalue weighted by Crippen LogP contribution is -2.43. The topological polar surface area (TPSA) is 84.9 Å². The zero-order chi connectivity index (χ0) is 23.5. The number of sulfonamides is 1. The van der Waals surface area contributed by atoms with Gasteiger partial charge in [0, 0.05) is 19.2 Å². The number of benzene rings is 2. The molecule has 1 fully saturated rings. The number of amides is 1. The lowest BCUT2D eigenvalue weighted by Gasteiger charge is -2.31. The molecule has 2 aromatic carbocycles. The number of rotatable bonds is 6. The van der Waals surface area contributed by atoms with Gasteiger partial charge in [0.1, 0.15) is 16.4 Å². The van der Waals surface area contributed by atoms with Crippen LogP contribution in [0.15, 0.2) is 47.4 Å². The van der Waals surface area contributed by atoms with Crippen molar-refractivity contribution in [2.45, 2.75) is 23.9 Å². The quantitative estimate of drug-likeness (QED) is 0.692. The zero-order valence-electron chi connectivity index (χ0n) is 17.5. The van der Waals surface area contributed by atoms with Gasteiger partial charge in [-0.15, -0.1) is 0 Å². The van der Waals surface area contributed by atoms with Crippen LogP contribution in [0.25, 0.3) is 0 Å². The van der Waals surface area contributed by atoms with E-state index in [-0.39, 0.29) is 29.4 Å². The molecule has 1 heterocycles. The van der Waals surface area contributed by atoms with Crippen LogP contribution in [0, 0.1) is 5.92 Å². The van der Waals surface area contributed by atoms with Crippen molar-refractivity contribution in [1.29, 1.82) is 0 Å². The highest BCUT2D eigenvalue weighted by Crippen LogP contribution is 2.36. The number of ether oxygens (including phenoxy) is 2. The third kappa shape index (κ3) is 4.99. The summed E-state index contributed by atoms with van der Waals surface area (Å²) in [5.74, 6) is -1.04. The SMILES string of the molecule is COc1ccc(OC)c(S(=O)(=O)N2CCC[C@H](C(=O)Nc3ccccc3C(F)(F)F)C2)c1. The minimum Gasteiger partial charge on any atom is -0.497 e. The standard InChI is InChI=1S/C21H23F3N2O5S/c1-30-15-9-10-18(31-2)19(12-15)32(28,29)26-11-5-6-14(13-26)20(27)25-17-8-4-3-7-16(17)21(22,23)24/h3-4,7-10,12,14H,5-6,11,13H2,1-2H3,(H,25,27)/t14-/m0/s1. The molecule has 2 aromatic rings. The van der Waals surface area contributed by atoms with Crippen LogP contribution >= 0.6 is 0 Å². The van der Waals surface area contributed by atoms with Crippen LogP contribution in [-0.4, -0.2) is 45.9 Å². The molecule has 1 atom stereocenters. The molecular formula is C21H23F3N2O5S. The lowest BCUT2D eigenvalue weighted by molar-refractivity contribution is -0.137.